The Hall–Kier alpha value is -2.67. The number of carbonyl (C=O) groups is 2. The third kappa shape index (κ3) is 3.10. The van der Waals surface area contributed by atoms with Crippen LogP contribution in [0.5, 0.6) is 0 Å². The Kier molecular flexibility index (Phi) is 4.24. The zero-order chi connectivity index (χ0) is 18.1. The predicted molar refractivity (Wildman–Crippen MR) is 95.8 cm³/mol. The lowest BCUT2D eigenvalue weighted by molar-refractivity contribution is -0.122. The van der Waals surface area contributed by atoms with Crippen molar-refractivity contribution in [2.45, 2.75) is 6.42 Å². The van der Waals surface area contributed by atoms with Crippen LogP contribution in [0, 0.1) is 5.41 Å². The number of ether oxygens (including phenoxy) is 1. The van der Waals surface area contributed by atoms with Crippen LogP contribution in [-0.2, 0) is 16.6 Å². The summed E-state index contributed by atoms with van der Waals surface area (Å²) in [6.45, 7) is 2.33. The van der Waals surface area contributed by atoms with Gasteiger partial charge >= 0.3 is 0 Å². The highest BCUT2D eigenvalue weighted by Gasteiger charge is 2.44. The van der Waals surface area contributed by atoms with Gasteiger partial charge in [-0.3, -0.25) is 14.3 Å². The van der Waals surface area contributed by atoms with E-state index in [1.165, 1.54) is 0 Å². The molecule has 1 aromatic heterocycles. The monoisotopic (exact) mass is 354 g/mol. The molecule has 1 spiro atoms. The number of aryl methyl sites for hydroxylation is 1. The summed E-state index contributed by atoms with van der Waals surface area (Å²) in [5.74, 6) is -0.105. The molecular formula is C19H22N4O3. The fraction of sp³-hybridized carbons (Fsp3) is 0.421. The zero-order valence-electron chi connectivity index (χ0n) is 14.8. The molecule has 136 valence electrons. The van der Waals surface area contributed by atoms with Crippen LogP contribution in [0.4, 0.5) is 5.69 Å². The molecule has 7 heteroatoms. The first-order chi connectivity index (χ1) is 12.6. The Morgan fingerprint density at radius 2 is 2.00 bits per heavy atom. The van der Waals surface area contributed by atoms with E-state index in [4.69, 9.17) is 4.74 Å². The van der Waals surface area contributed by atoms with Gasteiger partial charge in [0.25, 0.3) is 11.8 Å². The number of rotatable bonds is 2. The van der Waals surface area contributed by atoms with Crippen LogP contribution in [0.2, 0.25) is 0 Å². The molecule has 7 nitrogen and oxygen atoms in total. The standard InChI is InChI=1S/C19H22N4O3/c1-21-9-7-16(20-21)18(25)22-10-8-19(12-22)13-23(17(24)11-26-14-19)15-5-3-2-4-6-15/h2-7,9H,8,10-14H2,1H3. The summed E-state index contributed by atoms with van der Waals surface area (Å²) in [6, 6.07) is 11.4. The van der Waals surface area contributed by atoms with Crippen molar-refractivity contribution in [2.75, 3.05) is 37.7 Å². The number of anilines is 1. The average molecular weight is 354 g/mol. The summed E-state index contributed by atoms with van der Waals surface area (Å²) in [7, 11) is 1.80. The van der Waals surface area contributed by atoms with Crippen LogP contribution in [0.1, 0.15) is 16.9 Å². The molecule has 2 aromatic rings. The highest BCUT2D eigenvalue weighted by atomic mass is 16.5. The number of benzene rings is 1. The Bertz CT molecular complexity index is 819. The largest absolute Gasteiger partial charge is 0.371 e. The molecular weight excluding hydrogens is 332 g/mol. The van der Waals surface area contributed by atoms with Gasteiger partial charge in [-0.05, 0) is 24.6 Å². The smallest absolute Gasteiger partial charge is 0.274 e. The molecule has 0 N–H and O–H groups in total. The molecule has 2 aliphatic rings. The van der Waals surface area contributed by atoms with E-state index >= 15 is 0 Å². The van der Waals surface area contributed by atoms with Crippen LogP contribution in [0.15, 0.2) is 42.6 Å². The van der Waals surface area contributed by atoms with Gasteiger partial charge in [-0.25, -0.2) is 0 Å². The molecule has 0 radical (unpaired) electrons. The number of aromatic nitrogens is 2. The molecule has 0 aliphatic carbocycles. The normalized spacial score (nSPS) is 23.5. The first-order valence-electron chi connectivity index (χ1n) is 8.78. The Labute approximate surface area is 152 Å². The maximum Gasteiger partial charge on any atom is 0.274 e. The number of nitrogens with zero attached hydrogens (tertiary/aromatic N) is 4. The number of hydrogen-bond donors (Lipinski definition) is 0. The predicted octanol–water partition coefficient (Wildman–Crippen LogP) is 1.32. The quantitative estimate of drug-likeness (QED) is 0.816. The topological polar surface area (TPSA) is 67.7 Å². The molecule has 1 atom stereocenters. The molecule has 0 bridgehead atoms. The minimum absolute atomic E-state index is 0.0393. The van der Waals surface area contributed by atoms with E-state index in [0.29, 0.717) is 31.9 Å². The van der Waals surface area contributed by atoms with E-state index in [-0.39, 0.29) is 23.8 Å². The highest BCUT2D eigenvalue weighted by Crippen LogP contribution is 2.35. The van der Waals surface area contributed by atoms with Crippen molar-refractivity contribution in [1.82, 2.24) is 14.7 Å². The summed E-state index contributed by atoms with van der Waals surface area (Å²) >= 11 is 0. The lowest BCUT2D eigenvalue weighted by atomic mass is 9.87. The second kappa shape index (κ2) is 6.57. The minimum atomic E-state index is -0.244. The van der Waals surface area contributed by atoms with Crippen molar-refractivity contribution in [3.63, 3.8) is 0 Å². The zero-order valence-corrected chi connectivity index (χ0v) is 14.8. The van der Waals surface area contributed by atoms with E-state index in [1.54, 1.807) is 28.9 Å². The van der Waals surface area contributed by atoms with Crippen LogP contribution in [-0.4, -0.2) is 59.3 Å². The van der Waals surface area contributed by atoms with E-state index in [2.05, 4.69) is 5.10 Å². The van der Waals surface area contributed by atoms with Gasteiger partial charge in [0.15, 0.2) is 0 Å². The summed E-state index contributed by atoms with van der Waals surface area (Å²) in [5, 5.41) is 4.21. The summed E-state index contributed by atoms with van der Waals surface area (Å²) in [5.41, 5.74) is 1.08. The van der Waals surface area contributed by atoms with Gasteiger partial charge in [0.05, 0.1) is 6.61 Å². The molecule has 2 saturated heterocycles. The fourth-order valence-corrected chi connectivity index (χ4v) is 3.79. The summed E-state index contributed by atoms with van der Waals surface area (Å²) in [6.07, 6.45) is 2.58. The summed E-state index contributed by atoms with van der Waals surface area (Å²) in [4.78, 5) is 28.8. The van der Waals surface area contributed by atoms with Gasteiger partial charge in [-0.1, -0.05) is 18.2 Å². The first-order valence-corrected chi connectivity index (χ1v) is 8.78. The molecule has 0 saturated carbocycles. The lowest BCUT2D eigenvalue weighted by Crippen LogP contribution is -2.43. The maximum atomic E-state index is 12.7. The molecule has 1 unspecified atom stereocenters. The number of para-hydroxylation sites is 1. The second-order valence-electron chi connectivity index (χ2n) is 7.16. The maximum absolute atomic E-state index is 12.7. The Morgan fingerprint density at radius 3 is 2.73 bits per heavy atom. The molecule has 4 rings (SSSR count). The Balaban J connectivity index is 1.54. The van der Waals surface area contributed by atoms with Gasteiger partial charge in [0, 0.05) is 44.0 Å². The minimum Gasteiger partial charge on any atom is -0.371 e. The number of amides is 2. The van der Waals surface area contributed by atoms with Crippen LogP contribution < -0.4 is 4.90 Å². The lowest BCUT2D eigenvalue weighted by Gasteiger charge is -2.31. The van der Waals surface area contributed by atoms with E-state index in [1.807, 2.05) is 35.2 Å². The van der Waals surface area contributed by atoms with E-state index in [9.17, 15) is 9.59 Å². The third-order valence-electron chi connectivity index (χ3n) is 5.15. The van der Waals surface area contributed by atoms with Crippen LogP contribution in [0.3, 0.4) is 0 Å². The number of hydrogen-bond acceptors (Lipinski definition) is 4. The van der Waals surface area contributed by atoms with Gasteiger partial charge in [0.1, 0.15) is 12.3 Å². The van der Waals surface area contributed by atoms with Gasteiger partial charge < -0.3 is 14.5 Å². The SMILES string of the molecule is Cn1ccc(C(=O)N2CCC3(COCC(=O)N(c4ccccc4)C3)C2)n1. The van der Waals surface area contributed by atoms with Crippen molar-refractivity contribution in [1.29, 1.82) is 0 Å². The highest BCUT2D eigenvalue weighted by molar-refractivity contribution is 5.95. The van der Waals surface area contributed by atoms with E-state index in [0.717, 1.165) is 12.1 Å². The molecule has 26 heavy (non-hydrogen) atoms. The second-order valence-corrected chi connectivity index (χ2v) is 7.16. The van der Waals surface area contributed by atoms with Gasteiger partial charge in [-0.2, -0.15) is 5.10 Å². The van der Waals surface area contributed by atoms with Gasteiger partial charge in [-0.15, -0.1) is 0 Å². The van der Waals surface area contributed by atoms with E-state index < -0.39 is 0 Å². The van der Waals surface area contributed by atoms with Crippen molar-refractivity contribution in [3.05, 3.63) is 48.3 Å². The molecule has 2 aliphatic heterocycles. The number of likely N-dealkylation sites (tertiary alicyclic amines) is 1. The fourth-order valence-electron chi connectivity index (χ4n) is 3.79. The summed E-state index contributed by atoms with van der Waals surface area (Å²) < 4.78 is 7.31. The number of carbonyl (C=O) groups excluding carboxylic acids is 2. The van der Waals surface area contributed by atoms with Crippen molar-refractivity contribution in [2.24, 2.45) is 12.5 Å². The molecule has 2 amide bonds. The first kappa shape index (κ1) is 16.8. The van der Waals surface area contributed by atoms with Crippen molar-refractivity contribution in [3.8, 4) is 0 Å². The van der Waals surface area contributed by atoms with Crippen LogP contribution >= 0.6 is 0 Å². The van der Waals surface area contributed by atoms with Crippen molar-refractivity contribution < 1.29 is 14.3 Å². The average Bonchev–Trinajstić information content (AvgIpc) is 3.22. The van der Waals surface area contributed by atoms with Crippen LogP contribution in [0.25, 0.3) is 0 Å². The Morgan fingerprint density at radius 1 is 1.19 bits per heavy atom. The van der Waals surface area contributed by atoms with Gasteiger partial charge in [0.2, 0.25) is 0 Å². The molecule has 2 fully saturated rings. The molecule has 3 heterocycles. The van der Waals surface area contributed by atoms with Crippen molar-refractivity contribution >= 4 is 17.5 Å². The molecule has 1 aromatic carbocycles. The third-order valence-corrected chi connectivity index (χ3v) is 5.15.